The van der Waals surface area contributed by atoms with E-state index in [2.05, 4.69) is 14.9 Å². The van der Waals surface area contributed by atoms with Crippen LogP contribution in [0.4, 0.5) is 0 Å². The highest BCUT2D eigenvalue weighted by molar-refractivity contribution is 5.73. The lowest BCUT2D eigenvalue weighted by Crippen LogP contribution is -2.04. The summed E-state index contributed by atoms with van der Waals surface area (Å²) in [5, 5.41) is 3.82. The average Bonchev–Trinajstić information content (AvgIpc) is 2.76. The van der Waals surface area contributed by atoms with Gasteiger partial charge in [-0.15, -0.1) is 0 Å². The van der Waals surface area contributed by atoms with Crippen LogP contribution in [-0.4, -0.2) is 23.2 Å². The van der Waals surface area contributed by atoms with Crippen LogP contribution >= 0.6 is 0 Å². The van der Waals surface area contributed by atoms with E-state index in [1.807, 2.05) is 24.3 Å². The van der Waals surface area contributed by atoms with Crippen molar-refractivity contribution in [3.05, 3.63) is 35.7 Å². The van der Waals surface area contributed by atoms with Crippen molar-refractivity contribution in [3.8, 4) is 11.4 Å². The highest BCUT2D eigenvalue weighted by Gasteiger charge is 2.08. The van der Waals surface area contributed by atoms with Gasteiger partial charge in [0.15, 0.2) is 0 Å². The number of nitrogens with zero attached hydrogens (tertiary/aromatic N) is 2. The van der Waals surface area contributed by atoms with Crippen LogP contribution in [0.3, 0.4) is 0 Å². The third-order valence-electron chi connectivity index (χ3n) is 2.29. The minimum Gasteiger partial charge on any atom is -0.469 e. The predicted molar refractivity (Wildman–Crippen MR) is 60.2 cm³/mol. The van der Waals surface area contributed by atoms with E-state index in [1.54, 1.807) is 6.92 Å². The fourth-order valence-corrected chi connectivity index (χ4v) is 1.48. The van der Waals surface area contributed by atoms with Gasteiger partial charge in [0.05, 0.1) is 13.5 Å². The lowest BCUT2D eigenvalue weighted by atomic mass is 10.1. The van der Waals surface area contributed by atoms with Crippen LogP contribution in [0.5, 0.6) is 0 Å². The van der Waals surface area contributed by atoms with Gasteiger partial charge in [-0.05, 0) is 11.6 Å². The zero-order chi connectivity index (χ0) is 12.3. The van der Waals surface area contributed by atoms with Gasteiger partial charge in [-0.2, -0.15) is 4.98 Å². The number of methoxy groups -OCH3 is 1. The van der Waals surface area contributed by atoms with Gasteiger partial charge >= 0.3 is 5.97 Å². The van der Waals surface area contributed by atoms with Crippen molar-refractivity contribution in [2.24, 2.45) is 0 Å². The number of aryl methyl sites for hydroxylation is 1. The zero-order valence-corrected chi connectivity index (χ0v) is 9.64. The van der Waals surface area contributed by atoms with Gasteiger partial charge in [0.2, 0.25) is 11.7 Å². The molecule has 0 saturated carbocycles. The summed E-state index contributed by atoms with van der Waals surface area (Å²) in [4.78, 5) is 15.3. The summed E-state index contributed by atoms with van der Waals surface area (Å²) in [7, 11) is 1.37. The molecule has 1 heterocycles. The molecule has 17 heavy (non-hydrogen) atoms. The number of ether oxygens (including phenoxy) is 1. The van der Waals surface area contributed by atoms with Crippen molar-refractivity contribution in [2.75, 3.05) is 7.11 Å². The molecule has 0 fully saturated rings. The molecule has 0 aliphatic heterocycles. The largest absolute Gasteiger partial charge is 0.469 e. The van der Waals surface area contributed by atoms with Crippen LogP contribution in [-0.2, 0) is 16.0 Å². The number of hydrogen-bond acceptors (Lipinski definition) is 5. The summed E-state index contributed by atoms with van der Waals surface area (Å²) in [6.45, 7) is 1.73. The quantitative estimate of drug-likeness (QED) is 0.754. The Morgan fingerprint density at radius 2 is 2.29 bits per heavy atom. The summed E-state index contributed by atoms with van der Waals surface area (Å²) in [5.41, 5.74) is 1.68. The zero-order valence-electron chi connectivity index (χ0n) is 9.64. The smallest absolute Gasteiger partial charge is 0.309 e. The Morgan fingerprint density at radius 1 is 1.47 bits per heavy atom. The molecule has 0 unspecified atom stereocenters. The monoisotopic (exact) mass is 232 g/mol. The first-order chi connectivity index (χ1) is 8.19. The number of aromatic nitrogens is 2. The molecular weight excluding hydrogens is 220 g/mol. The molecule has 2 aromatic rings. The molecule has 0 aliphatic rings. The second kappa shape index (κ2) is 4.78. The van der Waals surface area contributed by atoms with E-state index in [0.29, 0.717) is 11.7 Å². The average molecular weight is 232 g/mol. The predicted octanol–water partition coefficient (Wildman–Crippen LogP) is 1.76. The molecular formula is C12H12N2O3. The first-order valence-electron chi connectivity index (χ1n) is 5.15. The second-order valence-electron chi connectivity index (χ2n) is 3.59. The Balaban J connectivity index is 2.25. The van der Waals surface area contributed by atoms with Gasteiger partial charge in [-0.3, -0.25) is 4.79 Å². The maximum absolute atomic E-state index is 11.2. The van der Waals surface area contributed by atoms with E-state index in [4.69, 9.17) is 4.52 Å². The molecule has 0 spiro atoms. The Kier molecular flexibility index (Phi) is 3.18. The first-order valence-corrected chi connectivity index (χ1v) is 5.15. The summed E-state index contributed by atoms with van der Waals surface area (Å²) in [6.07, 6.45) is 0.237. The molecule has 5 heteroatoms. The van der Waals surface area contributed by atoms with E-state index in [9.17, 15) is 4.79 Å². The maximum atomic E-state index is 11.2. The summed E-state index contributed by atoms with van der Waals surface area (Å²) < 4.78 is 9.52. The minimum atomic E-state index is -0.272. The molecule has 0 saturated heterocycles. The lowest BCUT2D eigenvalue weighted by Gasteiger charge is -2.01. The van der Waals surface area contributed by atoms with E-state index >= 15 is 0 Å². The van der Waals surface area contributed by atoms with E-state index in [-0.39, 0.29) is 12.4 Å². The number of carbonyl (C=O) groups is 1. The van der Waals surface area contributed by atoms with Crippen molar-refractivity contribution >= 4 is 5.97 Å². The van der Waals surface area contributed by atoms with Crippen molar-refractivity contribution in [1.29, 1.82) is 0 Å². The fourth-order valence-electron chi connectivity index (χ4n) is 1.48. The van der Waals surface area contributed by atoms with Crippen LogP contribution in [0.25, 0.3) is 11.4 Å². The van der Waals surface area contributed by atoms with Crippen LogP contribution < -0.4 is 0 Å². The molecule has 0 atom stereocenters. The molecule has 88 valence electrons. The van der Waals surface area contributed by atoms with Crippen LogP contribution in [0.15, 0.2) is 28.8 Å². The Morgan fingerprint density at radius 3 is 2.94 bits per heavy atom. The van der Waals surface area contributed by atoms with Gasteiger partial charge in [0, 0.05) is 12.5 Å². The number of rotatable bonds is 3. The summed E-state index contributed by atoms with van der Waals surface area (Å²) in [6, 6.07) is 7.42. The molecule has 2 rings (SSSR count). The van der Waals surface area contributed by atoms with Crippen molar-refractivity contribution in [3.63, 3.8) is 0 Å². The third kappa shape index (κ3) is 2.69. The SMILES string of the molecule is COC(=O)Cc1cccc(-c2noc(C)n2)c1. The summed E-state index contributed by atoms with van der Waals surface area (Å²) in [5.74, 6) is 0.763. The molecule has 0 aliphatic carbocycles. The number of esters is 1. The number of carbonyl (C=O) groups excluding carboxylic acids is 1. The van der Waals surface area contributed by atoms with E-state index < -0.39 is 0 Å². The topological polar surface area (TPSA) is 65.2 Å². The normalized spacial score (nSPS) is 10.2. The third-order valence-corrected chi connectivity index (χ3v) is 2.29. The van der Waals surface area contributed by atoms with Gasteiger partial charge < -0.3 is 9.26 Å². The standard InChI is InChI=1S/C12H12N2O3/c1-8-13-12(14-17-8)10-5-3-4-9(6-10)7-11(15)16-2/h3-6H,7H2,1-2H3. The summed E-state index contributed by atoms with van der Waals surface area (Å²) >= 11 is 0. The van der Waals surface area contributed by atoms with E-state index in [0.717, 1.165) is 11.1 Å². The molecule has 5 nitrogen and oxygen atoms in total. The van der Waals surface area contributed by atoms with Gasteiger partial charge in [-0.1, -0.05) is 23.4 Å². The van der Waals surface area contributed by atoms with Crippen molar-refractivity contribution < 1.29 is 14.1 Å². The van der Waals surface area contributed by atoms with E-state index in [1.165, 1.54) is 7.11 Å². The Bertz CT molecular complexity index is 534. The minimum absolute atomic E-state index is 0.237. The van der Waals surface area contributed by atoms with Crippen LogP contribution in [0, 0.1) is 6.92 Å². The van der Waals surface area contributed by atoms with Crippen molar-refractivity contribution in [1.82, 2.24) is 10.1 Å². The van der Waals surface area contributed by atoms with Gasteiger partial charge in [-0.25, -0.2) is 0 Å². The number of hydrogen-bond donors (Lipinski definition) is 0. The van der Waals surface area contributed by atoms with Crippen LogP contribution in [0.1, 0.15) is 11.5 Å². The Labute approximate surface area is 98.4 Å². The molecule has 1 aromatic carbocycles. The van der Waals surface area contributed by atoms with Gasteiger partial charge in [0.1, 0.15) is 0 Å². The lowest BCUT2D eigenvalue weighted by molar-refractivity contribution is -0.139. The number of benzene rings is 1. The molecule has 0 bridgehead atoms. The second-order valence-corrected chi connectivity index (χ2v) is 3.59. The highest BCUT2D eigenvalue weighted by atomic mass is 16.5. The van der Waals surface area contributed by atoms with Gasteiger partial charge in [0.25, 0.3) is 0 Å². The Hall–Kier alpha value is -2.17. The fraction of sp³-hybridized carbons (Fsp3) is 0.250. The molecule has 1 aromatic heterocycles. The molecule has 0 N–H and O–H groups in total. The van der Waals surface area contributed by atoms with Crippen LogP contribution in [0.2, 0.25) is 0 Å². The van der Waals surface area contributed by atoms with Crippen molar-refractivity contribution in [2.45, 2.75) is 13.3 Å². The maximum Gasteiger partial charge on any atom is 0.309 e. The molecule has 0 amide bonds. The first kappa shape index (κ1) is 11.3. The highest BCUT2D eigenvalue weighted by Crippen LogP contribution is 2.17. The molecule has 0 radical (unpaired) electrons.